The number of carbonyl (C=O) groups excluding carboxylic acids is 1. The van der Waals surface area contributed by atoms with Crippen molar-refractivity contribution in [3.05, 3.63) is 35.9 Å². The van der Waals surface area contributed by atoms with Crippen LogP contribution < -0.4 is 0 Å². The molecule has 2 rings (SSSR count). The maximum absolute atomic E-state index is 11.6. The van der Waals surface area contributed by atoms with Gasteiger partial charge >= 0.3 is 5.97 Å². The molecular formula is C15H20O2. The van der Waals surface area contributed by atoms with Gasteiger partial charge in [-0.15, -0.1) is 0 Å². The van der Waals surface area contributed by atoms with Crippen molar-refractivity contribution in [2.24, 2.45) is 5.92 Å². The minimum atomic E-state index is -0.000915. The van der Waals surface area contributed by atoms with Gasteiger partial charge in [-0.25, -0.2) is 0 Å². The third kappa shape index (κ3) is 3.09. The average molecular weight is 232 g/mol. The Morgan fingerprint density at radius 2 is 1.82 bits per heavy atom. The lowest BCUT2D eigenvalue weighted by molar-refractivity contribution is -0.149. The molecule has 0 saturated heterocycles. The summed E-state index contributed by atoms with van der Waals surface area (Å²) in [5.41, 5.74) is 1.41. The van der Waals surface area contributed by atoms with Crippen LogP contribution >= 0.6 is 0 Å². The number of hydrogen-bond acceptors (Lipinski definition) is 2. The lowest BCUT2D eigenvalue weighted by Gasteiger charge is -2.27. The maximum atomic E-state index is 11.6. The molecule has 1 aliphatic rings. The third-order valence-electron chi connectivity index (χ3n) is 3.62. The highest BCUT2D eigenvalue weighted by molar-refractivity contribution is 5.72. The molecule has 0 aliphatic heterocycles. The summed E-state index contributed by atoms with van der Waals surface area (Å²) in [6, 6.07) is 10.6. The highest BCUT2D eigenvalue weighted by Crippen LogP contribution is 2.35. The fourth-order valence-corrected chi connectivity index (χ4v) is 2.65. The first-order valence-electron chi connectivity index (χ1n) is 6.53. The SMILES string of the molecule is CCOC(=O)C1CCC(c2ccccc2)CC1. The van der Waals surface area contributed by atoms with Crippen molar-refractivity contribution >= 4 is 5.97 Å². The standard InChI is InChI=1S/C15H20O2/c1-2-17-15(16)14-10-8-13(9-11-14)12-6-4-3-5-7-12/h3-7,13-14H,2,8-11H2,1H3. The van der Waals surface area contributed by atoms with E-state index in [9.17, 15) is 4.79 Å². The molecule has 2 nitrogen and oxygen atoms in total. The molecule has 2 heteroatoms. The lowest BCUT2D eigenvalue weighted by atomic mass is 9.79. The monoisotopic (exact) mass is 232 g/mol. The Hall–Kier alpha value is -1.31. The van der Waals surface area contributed by atoms with Crippen LogP contribution in [0, 0.1) is 5.92 Å². The normalized spacial score (nSPS) is 24.3. The van der Waals surface area contributed by atoms with Gasteiger partial charge in [-0.3, -0.25) is 4.79 Å². The Kier molecular flexibility index (Phi) is 4.18. The second-order valence-corrected chi connectivity index (χ2v) is 4.71. The van der Waals surface area contributed by atoms with Crippen LogP contribution in [-0.2, 0) is 9.53 Å². The van der Waals surface area contributed by atoms with Crippen molar-refractivity contribution in [1.82, 2.24) is 0 Å². The molecule has 1 saturated carbocycles. The third-order valence-corrected chi connectivity index (χ3v) is 3.62. The summed E-state index contributed by atoms with van der Waals surface area (Å²) >= 11 is 0. The number of rotatable bonds is 3. The highest BCUT2D eigenvalue weighted by atomic mass is 16.5. The molecule has 0 radical (unpaired) electrons. The van der Waals surface area contributed by atoms with E-state index in [1.165, 1.54) is 5.56 Å². The van der Waals surface area contributed by atoms with Crippen LogP contribution in [0.4, 0.5) is 0 Å². The summed E-state index contributed by atoms with van der Waals surface area (Å²) in [6.45, 7) is 2.37. The molecule has 0 N–H and O–H groups in total. The molecule has 0 bridgehead atoms. The number of hydrogen-bond donors (Lipinski definition) is 0. The molecule has 0 unspecified atom stereocenters. The molecule has 0 amide bonds. The van der Waals surface area contributed by atoms with Crippen LogP contribution in [0.2, 0.25) is 0 Å². The van der Waals surface area contributed by atoms with Gasteiger partial charge in [0.2, 0.25) is 0 Å². The van der Waals surface area contributed by atoms with Crippen LogP contribution in [0.15, 0.2) is 30.3 Å². The molecule has 0 atom stereocenters. The number of carbonyl (C=O) groups is 1. The zero-order valence-electron chi connectivity index (χ0n) is 10.4. The Morgan fingerprint density at radius 3 is 2.41 bits per heavy atom. The van der Waals surface area contributed by atoms with Crippen molar-refractivity contribution in [3.63, 3.8) is 0 Å². The first-order chi connectivity index (χ1) is 8.31. The van der Waals surface area contributed by atoms with Crippen molar-refractivity contribution in [2.45, 2.75) is 38.5 Å². The Bertz CT molecular complexity index is 350. The molecule has 0 spiro atoms. The second-order valence-electron chi connectivity index (χ2n) is 4.71. The van der Waals surface area contributed by atoms with Crippen LogP contribution in [0.25, 0.3) is 0 Å². The lowest BCUT2D eigenvalue weighted by Crippen LogP contribution is -2.23. The largest absolute Gasteiger partial charge is 0.466 e. The van der Waals surface area contributed by atoms with E-state index in [0.29, 0.717) is 12.5 Å². The van der Waals surface area contributed by atoms with Gasteiger partial charge in [0.25, 0.3) is 0 Å². The van der Waals surface area contributed by atoms with Gasteiger partial charge in [-0.05, 0) is 44.1 Å². The topological polar surface area (TPSA) is 26.3 Å². The van der Waals surface area contributed by atoms with Crippen molar-refractivity contribution in [1.29, 1.82) is 0 Å². The van der Waals surface area contributed by atoms with Crippen LogP contribution in [0.1, 0.15) is 44.1 Å². The van der Waals surface area contributed by atoms with E-state index in [4.69, 9.17) is 4.74 Å². The number of esters is 1. The van der Waals surface area contributed by atoms with Crippen LogP contribution in [0.3, 0.4) is 0 Å². The van der Waals surface area contributed by atoms with E-state index in [-0.39, 0.29) is 11.9 Å². The van der Waals surface area contributed by atoms with Gasteiger partial charge < -0.3 is 4.74 Å². The first kappa shape index (κ1) is 12.2. The number of benzene rings is 1. The summed E-state index contributed by atoms with van der Waals surface area (Å²) in [7, 11) is 0. The van der Waals surface area contributed by atoms with Gasteiger partial charge in [-0.2, -0.15) is 0 Å². The first-order valence-corrected chi connectivity index (χ1v) is 6.53. The molecule has 1 aromatic rings. The van der Waals surface area contributed by atoms with Gasteiger partial charge in [0, 0.05) is 0 Å². The molecule has 17 heavy (non-hydrogen) atoms. The summed E-state index contributed by atoms with van der Waals surface area (Å²) in [6.07, 6.45) is 4.15. The van der Waals surface area contributed by atoms with Crippen molar-refractivity contribution in [3.8, 4) is 0 Å². The molecule has 0 aromatic heterocycles. The minimum absolute atomic E-state index is 0.000915. The van der Waals surface area contributed by atoms with Crippen molar-refractivity contribution < 1.29 is 9.53 Å². The van der Waals surface area contributed by atoms with Gasteiger partial charge in [-0.1, -0.05) is 30.3 Å². The smallest absolute Gasteiger partial charge is 0.308 e. The highest BCUT2D eigenvalue weighted by Gasteiger charge is 2.27. The predicted molar refractivity (Wildman–Crippen MR) is 67.8 cm³/mol. The quantitative estimate of drug-likeness (QED) is 0.745. The maximum Gasteiger partial charge on any atom is 0.308 e. The molecule has 1 fully saturated rings. The summed E-state index contributed by atoms with van der Waals surface area (Å²) in [5, 5.41) is 0. The molecular weight excluding hydrogens is 212 g/mol. The molecule has 1 aliphatic carbocycles. The molecule has 92 valence electrons. The van der Waals surface area contributed by atoms with Crippen molar-refractivity contribution in [2.75, 3.05) is 6.61 Å². The second kappa shape index (κ2) is 5.85. The molecule has 1 aromatic carbocycles. The van der Waals surface area contributed by atoms with Gasteiger partial charge in [0.1, 0.15) is 0 Å². The van der Waals surface area contributed by atoms with E-state index in [1.54, 1.807) is 0 Å². The van der Waals surface area contributed by atoms with E-state index in [0.717, 1.165) is 25.7 Å². The zero-order chi connectivity index (χ0) is 12.1. The Morgan fingerprint density at radius 1 is 1.18 bits per heavy atom. The summed E-state index contributed by atoms with van der Waals surface area (Å²) in [5.74, 6) is 0.760. The Labute approximate surface area is 103 Å². The summed E-state index contributed by atoms with van der Waals surface area (Å²) in [4.78, 5) is 11.6. The van der Waals surface area contributed by atoms with E-state index < -0.39 is 0 Å². The average Bonchev–Trinajstić information content (AvgIpc) is 2.40. The van der Waals surface area contributed by atoms with Crippen LogP contribution in [0.5, 0.6) is 0 Å². The Balaban J connectivity index is 1.88. The van der Waals surface area contributed by atoms with E-state index in [1.807, 2.05) is 13.0 Å². The van der Waals surface area contributed by atoms with Crippen LogP contribution in [-0.4, -0.2) is 12.6 Å². The molecule has 0 heterocycles. The number of ether oxygens (including phenoxy) is 1. The minimum Gasteiger partial charge on any atom is -0.466 e. The van der Waals surface area contributed by atoms with E-state index >= 15 is 0 Å². The summed E-state index contributed by atoms with van der Waals surface area (Å²) < 4.78 is 5.08. The fourth-order valence-electron chi connectivity index (χ4n) is 2.65. The predicted octanol–water partition coefficient (Wildman–Crippen LogP) is 3.52. The zero-order valence-corrected chi connectivity index (χ0v) is 10.4. The van der Waals surface area contributed by atoms with E-state index in [2.05, 4.69) is 24.3 Å². The van der Waals surface area contributed by atoms with Gasteiger partial charge in [0.05, 0.1) is 12.5 Å². The fraction of sp³-hybridized carbons (Fsp3) is 0.533. The van der Waals surface area contributed by atoms with Gasteiger partial charge in [0.15, 0.2) is 0 Å².